The van der Waals surface area contributed by atoms with E-state index < -0.39 is 5.92 Å². The molecule has 0 bridgehead atoms. The van der Waals surface area contributed by atoms with Gasteiger partial charge in [-0.3, -0.25) is 9.59 Å². The van der Waals surface area contributed by atoms with Gasteiger partial charge in [0.25, 0.3) is 0 Å². The average Bonchev–Trinajstić information content (AvgIpc) is 2.44. The van der Waals surface area contributed by atoms with E-state index in [9.17, 15) is 9.59 Å². The summed E-state index contributed by atoms with van der Waals surface area (Å²) in [7, 11) is 1.72. The van der Waals surface area contributed by atoms with Gasteiger partial charge in [0.1, 0.15) is 5.92 Å². The van der Waals surface area contributed by atoms with Crippen molar-refractivity contribution in [3.05, 3.63) is 33.8 Å². The van der Waals surface area contributed by atoms with Crippen LogP contribution in [0.3, 0.4) is 0 Å². The number of rotatable bonds is 3. The highest BCUT2D eigenvalue weighted by Crippen LogP contribution is 2.27. The monoisotopic (exact) mass is 328 g/mol. The Morgan fingerprint density at radius 2 is 2.14 bits per heavy atom. The predicted molar refractivity (Wildman–Crippen MR) is 83.4 cm³/mol. The Balaban J connectivity index is 2.08. The van der Waals surface area contributed by atoms with E-state index in [1.807, 2.05) is 6.92 Å². The first-order valence-corrected chi connectivity index (χ1v) is 7.66. The molecule has 0 radical (unpaired) electrons. The molecule has 6 heteroatoms. The largest absolute Gasteiger partial charge is 0.349 e. The number of nitrogens with zero attached hydrogens (tertiary/aromatic N) is 1. The maximum absolute atomic E-state index is 12.3. The predicted octanol–water partition coefficient (Wildman–Crippen LogP) is 3.04. The van der Waals surface area contributed by atoms with Crippen LogP contribution < -0.4 is 5.32 Å². The summed E-state index contributed by atoms with van der Waals surface area (Å²) in [5, 5.41) is 3.96. The molecule has 1 unspecified atom stereocenters. The molecule has 1 saturated heterocycles. The summed E-state index contributed by atoms with van der Waals surface area (Å²) in [4.78, 5) is 25.9. The summed E-state index contributed by atoms with van der Waals surface area (Å²) < 4.78 is 0. The van der Waals surface area contributed by atoms with Crippen molar-refractivity contribution in [2.45, 2.75) is 25.8 Å². The van der Waals surface area contributed by atoms with Gasteiger partial charge in [-0.25, -0.2) is 0 Å². The van der Waals surface area contributed by atoms with Crippen LogP contribution in [0.25, 0.3) is 0 Å². The van der Waals surface area contributed by atoms with Crippen LogP contribution in [0.2, 0.25) is 10.0 Å². The van der Waals surface area contributed by atoms with Gasteiger partial charge in [-0.15, -0.1) is 0 Å². The normalized spacial score (nSPS) is 20.3. The van der Waals surface area contributed by atoms with Crippen LogP contribution in [-0.2, 0) is 9.59 Å². The zero-order valence-electron chi connectivity index (χ0n) is 12.0. The third-order valence-corrected chi connectivity index (χ3v) is 4.34. The van der Waals surface area contributed by atoms with Crippen molar-refractivity contribution in [1.29, 1.82) is 0 Å². The van der Waals surface area contributed by atoms with Crippen LogP contribution in [-0.4, -0.2) is 30.3 Å². The number of benzene rings is 1. The Kier molecular flexibility index (Phi) is 5.12. The quantitative estimate of drug-likeness (QED) is 0.867. The minimum atomic E-state index is -0.607. The molecule has 1 fully saturated rings. The standard InChI is InChI=1S/C15H18Cl2N2O2/c1-9(12-8-10(16)5-6-13(12)17)18-14(20)11-4-3-7-19(2)15(11)21/h5-6,8-9,11H,3-4,7H2,1-2H3,(H,18,20)/t9-,11?/m1/s1. The Labute approximate surface area is 134 Å². The maximum Gasteiger partial charge on any atom is 0.234 e. The zero-order valence-corrected chi connectivity index (χ0v) is 13.5. The van der Waals surface area contributed by atoms with Crippen LogP contribution >= 0.6 is 23.2 Å². The molecule has 1 aliphatic rings. The number of carbonyl (C=O) groups is 2. The molecule has 0 saturated carbocycles. The molecule has 0 aliphatic carbocycles. The fourth-order valence-electron chi connectivity index (χ4n) is 2.51. The second-order valence-electron chi connectivity index (χ2n) is 5.35. The van der Waals surface area contributed by atoms with Crippen molar-refractivity contribution in [3.8, 4) is 0 Å². The molecule has 2 amide bonds. The number of halogens is 2. The van der Waals surface area contributed by atoms with Crippen molar-refractivity contribution in [2.75, 3.05) is 13.6 Å². The summed E-state index contributed by atoms with van der Waals surface area (Å²) in [6.07, 6.45) is 1.43. The minimum Gasteiger partial charge on any atom is -0.349 e. The number of hydrogen-bond donors (Lipinski definition) is 1. The molecule has 0 spiro atoms. The van der Waals surface area contributed by atoms with Gasteiger partial charge >= 0.3 is 0 Å². The molecule has 4 nitrogen and oxygen atoms in total. The van der Waals surface area contributed by atoms with E-state index in [2.05, 4.69) is 5.32 Å². The smallest absolute Gasteiger partial charge is 0.234 e. The van der Waals surface area contributed by atoms with E-state index in [-0.39, 0.29) is 17.9 Å². The topological polar surface area (TPSA) is 49.4 Å². The molecule has 1 aliphatic heterocycles. The Morgan fingerprint density at radius 3 is 2.86 bits per heavy atom. The van der Waals surface area contributed by atoms with Crippen LogP contribution in [0, 0.1) is 5.92 Å². The summed E-state index contributed by atoms with van der Waals surface area (Å²) in [6, 6.07) is 4.82. The second kappa shape index (κ2) is 6.67. The van der Waals surface area contributed by atoms with Gasteiger partial charge in [0.2, 0.25) is 11.8 Å². The third-order valence-electron chi connectivity index (χ3n) is 3.76. The highest BCUT2D eigenvalue weighted by Gasteiger charge is 2.33. The molecule has 2 rings (SSSR count). The lowest BCUT2D eigenvalue weighted by atomic mass is 9.96. The molecule has 1 aromatic rings. The minimum absolute atomic E-state index is 0.122. The van der Waals surface area contributed by atoms with Crippen LogP contribution in [0.5, 0.6) is 0 Å². The summed E-state index contributed by atoms with van der Waals surface area (Å²) >= 11 is 12.1. The summed E-state index contributed by atoms with van der Waals surface area (Å²) in [5.41, 5.74) is 0.745. The molecule has 1 heterocycles. The van der Waals surface area contributed by atoms with Gasteiger partial charge in [-0.1, -0.05) is 23.2 Å². The van der Waals surface area contributed by atoms with E-state index in [4.69, 9.17) is 23.2 Å². The van der Waals surface area contributed by atoms with Crippen molar-refractivity contribution < 1.29 is 9.59 Å². The molecule has 1 N–H and O–H groups in total. The van der Waals surface area contributed by atoms with Crippen LogP contribution in [0.15, 0.2) is 18.2 Å². The lowest BCUT2D eigenvalue weighted by Crippen LogP contribution is -2.46. The number of amides is 2. The van der Waals surface area contributed by atoms with E-state index >= 15 is 0 Å². The summed E-state index contributed by atoms with van der Waals surface area (Å²) in [6.45, 7) is 2.53. The maximum atomic E-state index is 12.3. The van der Waals surface area contributed by atoms with Crippen molar-refractivity contribution in [1.82, 2.24) is 10.2 Å². The van der Waals surface area contributed by atoms with E-state index in [0.29, 0.717) is 23.0 Å². The van der Waals surface area contributed by atoms with Gasteiger partial charge in [0.15, 0.2) is 0 Å². The zero-order chi connectivity index (χ0) is 15.6. The molecular weight excluding hydrogens is 311 g/mol. The van der Waals surface area contributed by atoms with Crippen molar-refractivity contribution in [3.63, 3.8) is 0 Å². The van der Waals surface area contributed by atoms with Gasteiger partial charge in [0.05, 0.1) is 6.04 Å². The Hall–Kier alpha value is -1.26. The van der Waals surface area contributed by atoms with Crippen molar-refractivity contribution >= 4 is 35.0 Å². The highest BCUT2D eigenvalue weighted by molar-refractivity contribution is 6.33. The number of nitrogens with one attached hydrogen (secondary N) is 1. The van der Waals surface area contributed by atoms with Crippen LogP contribution in [0.4, 0.5) is 0 Å². The Morgan fingerprint density at radius 1 is 1.43 bits per heavy atom. The lowest BCUT2D eigenvalue weighted by Gasteiger charge is -2.29. The van der Waals surface area contributed by atoms with E-state index in [1.54, 1.807) is 30.1 Å². The highest BCUT2D eigenvalue weighted by atomic mass is 35.5. The lowest BCUT2D eigenvalue weighted by molar-refractivity contribution is -0.144. The first-order chi connectivity index (χ1) is 9.90. The number of carbonyl (C=O) groups excluding carboxylic acids is 2. The first-order valence-electron chi connectivity index (χ1n) is 6.90. The first kappa shape index (κ1) is 16.1. The number of piperidine rings is 1. The molecule has 2 atom stereocenters. The van der Waals surface area contributed by atoms with Crippen LogP contribution in [0.1, 0.15) is 31.4 Å². The fourth-order valence-corrected chi connectivity index (χ4v) is 2.98. The molecule has 21 heavy (non-hydrogen) atoms. The van der Waals surface area contributed by atoms with Gasteiger partial charge in [-0.05, 0) is 43.5 Å². The van der Waals surface area contributed by atoms with Gasteiger partial charge < -0.3 is 10.2 Å². The number of hydrogen-bond acceptors (Lipinski definition) is 2. The van der Waals surface area contributed by atoms with E-state index in [1.165, 1.54) is 0 Å². The molecule has 114 valence electrons. The van der Waals surface area contributed by atoms with Gasteiger partial charge in [-0.2, -0.15) is 0 Å². The van der Waals surface area contributed by atoms with Gasteiger partial charge in [0, 0.05) is 23.6 Å². The second-order valence-corrected chi connectivity index (χ2v) is 6.19. The average molecular weight is 329 g/mol. The van der Waals surface area contributed by atoms with E-state index in [0.717, 1.165) is 12.0 Å². The molecule has 1 aromatic carbocycles. The SMILES string of the molecule is C[C@@H](NC(=O)C1CCCN(C)C1=O)c1cc(Cl)ccc1Cl. The molecular formula is C15H18Cl2N2O2. The fraction of sp³-hybridized carbons (Fsp3) is 0.467. The number of likely N-dealkylation sites (tertiary alicyclic amines) is 1. The third kappa shape index (κ3) is 3.69. The van der Waals surface area contributed by atoms with Crippen molar-refractivity contribution in [2.24, 2.45) is 5.92 Å². The summed E-state index contributed by atoms with van der Waals surface area (Å²) in [5.74, 6) is -0.984. The molecule has 0 aromatic heterocycles. The Bertz CT molecular complexity index is 563.